The summed E-state index contributed by atoms with van der Waals surface area (Å²) in [5.74, 6) is 0.656. The molecule has 116 valence electrons. The van der Waals surface area contributed by atoms with Crippen molar-refractivity contribution in [1.82, 2.24) is 9.38 Å². The molecule has 0 aliphatic heterocycles. The van der Waals surface area contributed by atoms with Gasteiger partial charge in [0.25, 0.3) is 5.56 Å². The minimum absolute atomic E-state index is 0.0551. The second-order valence-corrected chi connectivity index (χ2v) is 6.26. The predicted molar refractivity (Wildman–Crippen MR) is 91.9 cm³/mol. The van der Waals surface area contributed by atoms with Crippen molar-refractivity contribution in [2.45, 2.75) is 24.7 Å². The fourth-order valence-corrected chi connectivity index (χ4v) is 3.37. The fourth-order valence-electron chi connectivity index (χ4n) is 3.37. The molecular formula is C19H19N3O. The van der Waals surface area contributed by atoms with Crippen LogP contribution in [0.3, 0.4) is 0 Å². The Morgan fingerprint density at radius 1 is 1.09 bits per heavy atom. The van der Waals surface area contributed by atoms with Crippen molar-refractivity contribution in [3.8, 4) is 0 Å². The first-order chi connectivity index (χ1) is 11.3. The Balaban J connectivity index is 1.60. The van der Waals surface area contributed by atoms with Crippen LogP contribution in [0, 0.1) is 0 Å². The van der Waals surface area contributed by atoms with Crippen LogP contribution >= 0.6 is 0 Å². The smallest absolute Gasteiger partial charge is 0.259 e. The Bertz CT molecular complexity index is 882. The molecule has 1 N–H and O–H groups in total. The first kappa shape index (κ1) is 14.0. The largest absolute Gasteiger partial charge is 0.369 e. The van der Waals surface area contributed by atoms with E-state index in [1.807, 2.05) is 18.2 Å². The van der Waals surface area contributed by atoms with Crippen molar-refractivity contribution in [2.75, 3.05) is 11.9 Å². The SMILES string of the molecule is O=c1cc(NCC2(c3ccccc3)CCC2)nc2ccccn12. The van der Waals surface area contributed by atoms with Crippen LogP contribution in [0.15, 0.2) is 65.6 Å². The van der Waals surface area contributed by atoms with Gasteiger partial charge in [0, 0.05) is 24.2 Å². The molecule has 0 atom stereocenters. The highest BCUT2D eigenvalue weighted by atomic mass is 16.1. The molecule has 2 aromatic heterocycles. The lowest BCUT2D eigenvalue weighted by Gasteiger charge is -2.42. The Morgan fingerprint density at radius 3 is 2.61 bits per heavy atom. The maximum atomic E-state index is 12.2. The monoisotopic (exact) mass is 305 g/mol. The number of nitrogens with zero attached hydrogens (tertiary/aromatic N) is 2. The zero-order valence-electron chi connectivity index (χ0n) is 12.9. The van der Waals surface area contributed by atoms with Crippen molar-refractivity contribution in [2.24, 2.45) is 0 Å². The summed E-state index contributed by atoms with van der Waals surface area (Å²) in [5, 5.41) is 3.39. The number of benzene rings is 1. The van der Waals surface area contributed by atoms with Crippen molar-refractivity contribution >= 4 is 11.5 Å². The molecule has 1 aliphatic rings. The molecule has 4 nitrogen and oxygen atoms in total. The summed E-state index contributed by atoms with van der Waals surface area (Å²) in [6.07, 6.45) is 5.35. The fraction of sp³-hybridized carbons (Fsp3) is 0.263. The molecule has 2 heterocycles. The molecule has 1 aromatic carbocycles. The molecule has 0 radical (unpaired) electrons. The number of pyridine rings is 1. The molecular weight excluding hydrogens is 286 g/mol. The van der Waals surface area contributed by atoms with Crippen molar-refractivity contribution < 1.29 is 0 Å². The summed E-state index contributed by atoms with van der Waals surface area (Å²) in [5.41, 5.74) is 2.16. The lowest BCUT2D eigenvalue weighted by molar-refractivity contribution is 0.260. The van der Waals surface area contributed by atoms with Gasteiger partial charge in [0.1, 0.15) is 11.5 Å². The molecule has 0 unspecified atom stereocenters. The normalized spacial score (nSPS) is 16.0. The van der Waals surface area contributed by atoms with Crippen molar-refractivity contribution in [1.29, 1.82) is 0 Å². The van der Waals surface area contributed by atoms with Gasteiger partial charge in [0.15, 0.2) is 0 Å². The van der Waals surface area contributed by atoms with Gasteiger partial charge in [-0.15, -0.1) is 0 Å². The van der Waals surface area contributed by atoms with E-state index in [4.69, 9.17) is 0 Å². The molecule has 0 saturated heterocycles. The van der Waals surface area contributed by atoms with E-state index in [2.05, 4.69) is 40.6 Å². The molecule has 3 aromatic rings. The second kappa shape index (κ2) is 5.54. The third-order valence-corrected chi connectivity index (χ3v) is 4.88. The molecule has 0 amide bonds. The van der Waals surface area contributed by atoms with Crippen LogP contribution < -0.4 is 10.9 Å². The Kier molecular flexibility index (Phi) is 3.37. The van der Waals surface area contributed by atoms with Crippen LogP contribution in [-0.4, -0.2) is 15.9 Å². The summed E-state index contributed by atoms with van der Waals surface area (Å²) >= 11 is 0. The first-order valence-electron chi connectivity index (χ1n) is 8.05. The van der Waals surface area contributed by atoms with Gasteiger partial charge >= 0.3 is 0 Å². The Hall–Kier alpha value is -2.62. The van der Waals surface area contributed by atoms with E-state index in [0.717, 1.165) is 6.54 Å². The molecule has 1 aliphatic carbocycles. The first-order valence-corrected chi connectivity index (χ1v) is 8.05. The molecule has 4 heteroatoms. The van der Waals surface area contributed by atoms with Crippen molar-refractivity contribution in [3.63, 3.8) is 0 Å². The predicted octanol–water partition coefficient (Wildman–Crippen LogP) is 3.23. The van der Waals surface area contributed by atoms with Crippen LogP contribution in [0.5, 0.6) is 0 Å². The van der Waals surface area contributed by atoms with Gasteiger partial charge in [0.2, 0.25) is 0 Å². The van der Waals surface area contributed by atoms with E-state index >= 15 is 0 Å². The minimum atomic E-state index is -0.0551. The number of rotatable bonds is 4. The Morgan fingerprint density at radius 2 is 1.87 bits per heavy atom. The van der Waals surface area contributed by atoms with Gasteiger partial charge in [-0.2, -0.15) is 0 Å². The second-order valence-electron chi connectivity index (χ2n) is 6.26. The van der Waals surface area contributed by atoms with Gasteiger partial charge < -0.3 is 5.32 Å². The van der Waals surface area contributed by atoms with E-state index in [1.165, 1.54) is 24.8 Å². The van der Waals surface area contributed by atoms with Gasteiger partial charge in [0.05, 0.1) is 0 Å². The lowest BCUT2D eigenvalue weighted by Crippen LogP contribution is -2.41. The average Bonchev–Trinajstić information content (AvgIpc) is 2.55. The van der Waals surface area contributed by atoms with E-state index in [-0.39, 0.29) is 11.0 Å². The van der Waals surface area contributed by atoms with Crippen LogP contribution in [0.1, 0.15) is 24.8 Å². The summed E-state index contributed by atoms with van der Waals surface area (Å²) in [4.78, 5) is 16.7. The van der Waals surface area contributed by atoms with E-state index in [1.54, 1.807) is 16.7 Å². The summed E-state index contributed by atoms with van der Waals surface area (Å²) in [6, 6.07) is 17.8. The zero-order valence-corrected chi connectivity index (χ0v) is 12.9. The highest BCUT2D eigenvalue weighted by Crippen LogP contribution is 2.43. The third-order valence-electron chi connectivity index (χ3n) is 4.88. The highest BCUT2D eigenvalue weighted by Gasteiger charge is 2.38. The summed E-state index contributed by atoms with van der Waals surface area (Å²) in [6.45, 7) is 0.812. The number of hydrogen-bond acceptors (Lipinski definition) is 3. The molecule has 4 rings (SSSR count). The van der Waals surface area contributed by atoms with E-state index < -0.39 is 0 Å². The topological polar surface area (TPSA) is 46.4 Å². The average molecular weight is 305 g/mol. The Labute approximate surface area is 134 Å². The molecule has 0 bridgehead atoms. The molecule has 23 heavy (non-hydrogen) atoms. The van der Waals surface area contributed by atoms with Gasteiger partial charge in [-0.05, 0) is 30.5 Å². The third kappa shape index (κ3) is 2.50. The molecule has 1 saturated carbocycles. The number of fused-ring (bicyclic) bond motifs is 1. The lowest BCUT2D eigenvalue weighted by atomic mass is 9.64. The van der Waals surface area contributed by atoms with Gasteiger partial charge in [-0.1, -0.05) is 42.8 Å². The number of aromatic nitrogens is 2. The highest BCUT2D eigenvalue weighted by molar-refractivity contribution is 5.47. The van der Waals surface area contributed by atoms with Crippen LogP contribution in [0.4, 0.5) is 5.82 Å². The summed E-state index contributed by atoms with van der Waals surface area (Å²) < 4.78 is 1.56. The van der Waals surface area contributed by atoms with Crippen LogP contribution in [-0.2, 0) is 5.41 Å². The number of hydrogen-bond donors (Lipinski definition) is 1. The standard InChI is InChI=1S/C19H19N3O/c23-18-13-16(21-17-9-4-5-12-22(17)18)20-14-19(10-6-11-19)15-7-2-1-3-8-15/h1-5,7-9,12-13,20H,6,10-11,14H2. The van der Waals surface area contributed by atoms with Crippen molar-refractivity contribution in [3.05, 3.63) is 76.7 Å². The molecule has 1 fully saturated rings. The number of nitrogens with one attached hydrogen (secondary N) is 1. The zero-order chi connectivity index (χ0) is 15.7. The van der Waals surface area contributed by atoms with E-state index in [0.29, 0.717) is 11.5 Å². The van der Waals surface area contributed by atoms with Crippen LogP contribution in [0.25, 0.3) is 5.65 Å². The molecule has 0 spiro atoms. The van der Waals surface area contributed by atoms with E-state index in [9.17, 15) is 4.79 Å². The maximum absolute atomic E-state index is 12.2. The van der Waals surface area contributed by atoms with Gasteiger partial charge in [-0.3, -0.25) is 9.20 Å². The summed E-state index contributed by atoms with van der Waals surface area (Å²) in [7, 11) is 0. The van der Waals surface area contributed by atoms with Gasteiger partial charge in [-0.25, -0.2) is 4.98 Å². The minimum Gasteiger partial charge on any atom is -0.369 e. The van der Waals surface area contributed by atoms with Crippen LogP contribution in [0.2, 0.25) is 0 Å². The quantitative estimate of drug-likeness (QED) is 0.805. The maximum Gasteiger partial charge on any atom is 0.259 e. The number of anilines is 1.